The summed E-state index contributed by atoms with van der Waals surface area (Å²) in [4.78, 5) is 29.0. The van der Waals surface area contributed by atoms with Gasteiger partial charge in [-0.3, -0.25) is 13.9 Å². The van der Waals surface area contributed by atoms with Gasteiger partial charge in [-0.1, -0.05) is 6.08 Å². The van der Waals surface area contributed by atoms with Crippen molar-refractivity contribution in [3.05, 3.63) is 63.3 Å². The van der Waals surface area contributed by atoms with E-state index in [2.05, 4.69) is 11.6 Å². The molecule has 0 atom stereocenters. The Morgan fingerprint density at radius 2 is 1.92 bits per heavy atom. The minimum atomic E-state index is -0.606. The van der Waals surface area contributed by atoms with Crippen molar-refractivity contribution in [1.29, 1.82) is 0 Å². The fourth-order valence-electron chi connectivity index (χ4n) is 2.22. The van der Waals surface area contributed by atoms with Crippen LogP contribution in [0.25, 0.3) is 0 Å². The number of hydrogen-bond donors (Lipinski definition) is 1. The van der Waals surface area contributed by atoms with E-state index in [9.17, 15) is 14.7 Å². The second-order valence-corrected chi connectivity index (χ2v) is 6.36. The number of ether oxygens (including phenoxy) is 1. The van der Waals surface area contributed by atoms with Crippen LogP contribution in [0.1, 0.15) is 12.5 Å². The number of rotatable bonds is 6. The van der Waals surface area contributed by atoms with Gasteiger partial charge in [-0.2, -0.15) is 0 Å². The third-order valence-corrected chi connectivity index (χ3v) is 4.54. The molecule has 0 amide bonds. The number of aromatic hydroxyl groups is 1. The molecule has 0 bridgehead atoms. The maximum Gasteiger partial charge on any atom is 0.333 e. The minimum absolute atomic E-state index is 0.0182. The Morgan fingerprint density at radius 3 is 2.50 bits per heavy atom. The van der Waals surface area contributed by atoms with Gasteiger partial charge >= 0.3 is 5.69 Å². The predicted molar refractivity (Wildman–Crippen MR) is 105 cm³/mol. The Kier molecular flexibility index (Phi) is 6.46. The number of thioether (sulfide) groups is 1. The second-order valence-electron chi connectivity index (χ2n) is 5.35. The Labute approximate surface area is 155 Å². The third-order valence-electron chi connectivity index (χ3n) is 3.56. The van der Waals surface area contributed by atoms with Crippen LogP contribution < -0.4 is 16.0 Å². The first-order chi connectivity index (χ1) is 12.4. The molecule has 0 aliphatic rings. The minimum Gasteiger partial charge on any atom is -0.494 e. The number of nitrogens with zero attached hydrogens (tertiary/aromatic N) is 3. The van der Waals surface area contributed by atoms with Crippen LogP contribution in [0.4, 0.5) is 5.69 Å². The standard InChI is InChI=1S/C18H21N3O4S/c1-5-11-26-15(19-12-7-9-13(10-8-12)25-6-2)14-16(22)20(3)18(24)21(4)17(14)23/h5,7-10,22H,1,6,11H2,2-4H3. The molecule has 2 rings (SSSR count). The first-order valence-electron chi connectivity index (χ1n) is 7.95. The Morgan fingerprint density at radius 1 is 1.27 bits per heavy atom. The zero-order valence-corrected chi connectivity index (χ0v) is 15.7. The first-order valence-corrected chi connectivity index (χ1v) is 8.93. The summed E-state index contributed by atoms with van der Waals surface area (Å²) in [6.07, 6.45) is 1.67. The van der Waals surface area contributed by atoms with Crippen molar-refractivity contribution >= 4 is 22.5 Å². The Hall–Kier alpha value is -2.74. The van der Waals surface area contributed by atoms with E-state index in [0.29, 0.717) is 28.8 Å². The largest absolute Gasteiger partial charge is 0.494 e. The Bertz CT molecular complexity index is 943. The lowest BCUT2D eigenvalue weighted by Crippen LogP contribution is -2.39. The van der Waals surface area contributed by atoms with Crippen molar-refractivity contribution in [3.8, 4) is 11.6 Å². The van der Waals surface area contributed by atoms with Crippen LogP contribution in [0.5, 0.6) is 11.6 Å². The average Bonchev–Trinajstić information content (AvgIpc) is 2.64. The van der Waals surface area contributed by atoms with Gasteiger partial charge in [0.2, 0.25) is 5.88 Å². The molecular weight excluding hydrogens is 354 g/mol. The number of hydrogen-bond acceptors (Lipinski definition) is 6. The van der Waals surface area contributed by atoms with E-state index in [0.717, 1.165) is 9.13 Å². The highest BCUT2D eigenvalue weighted by molar-refractivity contribution is 8.14. The fourth-order valence-corrected chi connectivity index (χ4v) is 2.99. The highest BCUT2D eigenvalue weighted by atomic mass is 32.2. The smallest absolute Gasteiger partial charge is 0.333 e. The molecule has 0 aliphatic heterocycles. The van der Waals surface area contributed by atoms with E-state index in [1.165, 1.54) is 25.9 Å². The zero-order chi connectivity index (χ0) is 19.3. The van der Waals surface area contributed by atoms with Gasteiger partial charge in [-0.25, -0.2) is 9.79 Å². The third kappa shape index (κ3) is 4.08. The van der Waals surface area contributed by atoms with Crippen molar-refractivity contribution in [2.45, 2.75) is 6.92 Å². The van der Waals surface area contributed by atoms with E-state index < -0.39 is 17.1 Å². The molecular formula is C18H21N3O4S. The van der Waals surface area contributed by atoms with Crippen LogP contribution in [0.3, 0.4) is 0 Å². The summed E-state index contributed by atoms with van der Waals surface area (Å²) in [6.45, 7) is 6.12. The van der Waals surface area contributed by atoms with Gasteiger partial charge in [0.05, 0.1) is 12.3 Å². The Balaban J connectivity index is 2.60. The van der Waals surface area contributed by atoms with Crippen LogP contribution in [-0.4, -0.2) is 31.6 Å². The lowest BCUT2D eigenvalue weighted by molar-refractivity contribution is 0.340. The summed E-state index contributed by atoms with van der Waals surface area (Å²) in [6, 6.07) is 7.06. The van der Waals surface area contributed by atoms with Gasteiger partial charge in [-0.05, 0) is 31.2 Å². The van der Waals surface area contributed by atoms with E-state index in [-0.39, 0.29) is 5.56 Å². The summed E-state index contributed by atoms with van der Waals surface area (Å²) in [7, 11) is 2.76. The number of benzene rings is 1. The fraction of sp³-hybridized carbons (Fsp3) is 0.278. The molecule has 1 aromatic heterocycles. The number of aromatic nitrogens is 2. The van der Waals surface area contributed by atoms with Crippen LogP contribution in [0.2, 0.25) is 0 Å². The number of aliphatic imine (C=N–C) groups is 1. The monoisotopic (exact) mass is 375 g/mol. The molecule has 0 radical (unpaired) electrons. The lowest BCUT2D eigenvalue weighted by Gasteiger charge is -2.12. The molecule has 8 heteroatoms. The zero-order valence-electron chi connectivity index (χ0n) is 14.9. The van der Waals surface area contributed by atoms with E-state index in [1.54, 1.807) is 30.3 Å². The molecule has 0 saturated heterocycles. The molecule has 26 heavy (non-hydrogen) atoms. The van der Waals surface area contributed by atoms with Crippen molar-refractivity contribution in [3.63, 3.8) is 0 Å². The van der Waals surface area contributed by atoms with Crippen LogP contribution in [0, 0.1) is 0 Å². The highest BCUT2D eigenvalue weighted by Crippen LogP contribution is 2.24. The normalized spacial score (nSPS) is 11.4. The molecule has 0 aliphatic carbocycles. The first kappa shape index (κ1) is 19.6. The summed E-state index contributed by atoms with van der Waals surface area (Å²) < 4.78 is 7.35. The summed E-state index contributed by atoms with van der Waals surface area (Å²) in [5, 5.41) is 10.7. The van der Waals surface area contributed by atoms with Crippen molar-refractivity contribution in [1.82, 2.24) is 9.13 Å². The van der Waals surface area contributed by atoms with Crippen LogP contribution >= 0.6 is 11.8 Å². The van der Waals surface area contributed by atoms with Crippen LogP contribution in [0.15, 0.2) is 51.5 Å². The van der Waals surface area contributed by atoms with Gasteiger partial charge < -0.3 is 9.84 Å². The molecule has 0 fully saturated rings. The summed E-state index contributed by atoms with van der Waals surface area (Å²) in [5.74, 6) is 0.786. The van der Waals surface area contributed by atoms with Crippen molar-refractivity contribution < 1.29 is 9.84 Å². The molecule has 0 spiro atoms. The van der Waals surface area contributed by atoms with E-state index in [4.69, 9.17) is 4.74 Å². The van der Waals surface area contributed by atoms with Crippen LogP contribution in [-0.2, 0) is 14.1 Å². The molecule has 7 nitrogen and oxygen atoms in total. The maximum atomic E-state index is 12.5. The molecule has 1 N–H and O–H groups in total. The quantitative estimate of drug-likeness (QED) is 0.475. The van der Waals surface area contributed by atoms with Gasteiger partial charge in [-0.15, -0.1) is 18.3 Å². The molecule has 1 heterocycles. The van der Waals surface area contributed by atoms with Gasteiger partial charge in [0.15, 0.2) is 0 Å². The molecule has 2 aromatic rings. The summed E-state index contributed by atoms with van der Waals surface area (Å²) in [5.41, 5.74) is -0.636. The highest BCUT2D eigenvalue weighted by Gasteiger charge is 2.20. The van der Waals surface area contributed by atoms with Crippen molar-refractivity contribution in [2.24, 2.45) is 19.1 Å². The second kappa shape index (κ2) is 8.57. The van der Waals surface area contributed by atoms with Gasteiger partial charge in [0, 0.05) is 19.8 Å². The van der Waals surface area contributed by atoms with Gasteiger partial charge in [0.25, 0.3) is 5.56 Å². The predicted octanol–water partition coefficient (Wildman–Crippen LogP) is 2.19. The topological polar surface area (TPSA) is 85.8 Å². The lowest BCUT2D eigenvalue weighted by atomic mass is 10.3. The maximum absolute atomic E-state index is 12.5. The summed E-state index contributed by atoms with van der Waals surface area (Å²) >= 11 is 1.25. The van der Waals surface area contributed by atoms with E-state index >= 15 is 0 Å². The van der Waals surface area contributed by atoms with E-state index in [1.807, 2.05) is 6.92 Å². The molecule has 138 valence electrons. The molecule has 0 saturated carbocycles. The van der Waals surface area contributed by atoms with Crippen molar-refractivity contribution in [2.75, 3.05) is 12.4 Å². The molecule has 0 unspecified atom stereocenters. The average molecular weight is 375 g/mol. The van der Waals surface area contributed by atoms with Gasteiger partial charge in [0.1, 0.15) is 16.4 Å². The SMILES string of the molecule is C=CCSC(=Nc1ccc(OCC)cc1)c1c(O)n(C)c(=O)n(C)c1=O. The molecule has 1 aromatic carbocycles.